The summed E-state index contributed by atoms with van der Waals surface area (Å²) < 4.78 is 0. The van der Waals surface area contributed by atoms with Crippen molar-refractivity contribution in [1.29, 1.82) is 0 Å². The van der Waals surface area contributed by atoms with Crippen LogP contribution in [0.25, 0.3) is 11.1 Å². The first-order valence-electron chi connectivity index (χ1n) is 5.71. The molecule has 2 aromatic rings. The summed E-state index contributed by atoms with van der Waals surface area (Å²) in [6.07, 6.45) is 5.61. The van der Waals surface area contributed by atoms with E-state index in [0.29, 0.717) is 0 Å². The predicted octanol–water partition coefficient (Wildman–Crippen LogP) is 3.75. The second kappa shape index (κ2) is 2.85. The Morgan fingerprint density at radius 2 is 1.56 bits per heavy atom. The summed E-state index contributed by atoms with van der Waals surface area (Å²) in [5, 5.41) is 0. The van der Waals surface area contributed by atoms with E-state index >= 15 is 0 Å². The summed E-state index contributed by atoms with van der Waals surface area (Å²) in [4.78, 5) is 0. The first-order valence-corrected chi connectivity index (χ1v) is 5.71. The van der Waals surface area contributed by atoms with E-state index < -0.39 is 0 Å². The van der Waals surface area contributed by atoms with E-state index in [1.54, 1.807) is 0 Å². The number of fused-ring (bicyclic) bond motifs is 3. The number of hydrogen-bond donors (Lipinski definition) is 0. The average Bonchev–Trinajstić information content (AvgIpc) is 2.68. The van der Waals surface area contributed by atoms with Crippen LogP contribution in [-0.4, -0.2) is 0 Å². The molecule has 0 nitrogen and oxygen atoms in total. The van der Waals surface area contributed by atoms with E-state index in [-0.39, 0.29) is 0 Å². The number of benzene rings is 2. The van der Waals surface area contributed by atoms with E-state index in [0.717, 1.165) is 6.42 Å². The summed E-state index contributed by atoms with van der Waals surface area (Å²) in [5.74, 6) is 1.41. The summed E-state index contributed by atoms with van der Waals surface area (Å²) in [6, 6.07) is 15.4. The molecule has 0 saturated heterocycles. The van der Waals surface area contributed by atoms with Crippen molar-refractivity contribution < 1.29 is 0 Å². The third-order valence-electron chi connectivity index (χ3n) is 3.55. The van der Waals surface area contributed by atoms with Crippen molar-refractivity contribution in [3.8, 4) is 11.1 Å². The highest BCUT2D eigenvalue weighted by Gasteiger charge is 2.30. The van der Waals surface area contributed by atoms with Gasteiger partial charge in [0.05, 0.1) is 5.92 Å². The lowest BCUT2D eigenvalue weighted by Gasteiger charge is -2.16. The van der Waals surface area contributed by atoms with Gasteiger partial charge < -0.3 is 0 Å². The van der Waals surface area contributed by atoms with Crippen molar-refractivity contribution in [2.24, 2.45) is 0 Å². The van der Waals surface area contributed by atoms with Gasteiger partial charge in [0.1, 0.15) is 0 Å². The maximum Gasteiger partial charge on any atom is 0.0569 e. The fraction of sp³-hybridized carbons (Fsp3) is 0.0625. The molecule has 0 heterocycles. The maximum absolute atomic E-state index is 2.28. The van der Waals surface area contributed by atoms with Gasteiger partial charge in [0.25, 0.3) is 0 Å². The number of hydrogen-bond acceptors (Lipinski definition) is 0. The van der Waals surface area contributed by atoms with Crippen LogP contribution in [-0.2, 0) is 6.42 Å². The van der Waals surface area contributed by atoms with Gasteiger partial charge in [0, 0.05) is 0 Å². The van der Waals surface area contributed by atoms with Crippen LogP contribution >= 0.6 is 0 Å². The Morgan fingerprint density at radius 1 is 0.750 bits per heavy atom. The molecule has 16 heavy (non-hydrogen) atoms. The van der Waals surface area contributed by atoms with Gasteiger partial charge in [0.15, 0.2) is 0 Å². The van der Waals surface area contributed by atoms with E-state index in [2.05, 4.69) is 54.6 Å². The molecule has 0 spiro atoms. The molecular formula is C16H11. The molecule has 2 aliphatic carbocycles. The lowest BCUT2D eigenvalue weighted by atomic mass is 9.87. The van der Waals surface area contributed by atoms with Gasteiger partial charge in [-0.15, -0.1) is 0 Å². The highest BCUT2D eigenvalue weighted by molar-refractivity contribution is 5.87. The molecule has 0 N–H and O–H groups in total. The van der Waals surface area contributed by atoms with E-state index in [4.69, 9.17) is 0 Å². The molecule has 0 saturated carbocycles. The number of rotatable bonds is 0. The lowest BCUT2D eigenvalue weighted by Crippen LogP contribution is -2.02. The zero-order valence-corrected chi connectivity index (χ0v) is 8.90. The van der Waals surface area contributed by atoms with E-state index in [9.17, 15) is 0 Å². The maximum atomic E-state index is 2.28. The molecule has 1 radical (unpaired) electrons. The Morgan fingerprint density at radius 3 is 2.50 bits per heavy atom. The zero-order chi connectivity index (χ0) is 10.5. The van der Waals surface area contributed by atoms with E-state index in [1.807, 2.05) is 0 Å². The van der Waals surface area contributed by atoms with Gasteiger partial charge in [-0.05, 0) is 34.2 Å². The molecule has 0 aromatic heterocycles. The highest BCUT2D eigenvalue weighted by atomic mass is 14.3. The van der Waals surface area contributed by atoms with Crippen molar-refractivity contribution in [3.05, 3.63) is 77.2 Å². The third kappa shape index (κ3) is 0.898. The molecule has 0 bridgehead atoms. The van der Waals surface area contributed by atoms with Crippen molar-refractivity contribution >= 4 is 0 Å². The van der Waals surface area contributed by atoms with Crippen LogP contribution in [0.5, 0.6) is 0 Å². The Kier molecular flexibility index (Phi) is 1.49. The van der Waals surface area contributed by atoms with Gasteiger partial charge in [-0.1, -0.05) is 54.6 Å². The Balaban J connectivity index is 2.14. The standard InChI is InChI=1S/C16H11/c1-2-8-13-12(7-1)14-9-3-5-11-6-4-10-15(13)16(11)14/h1-5,7-10H,6H2. The summed E-state index contributed by atoms with van der Waals surface area (Å²) in [5.41, 5.74) is 7.12. The van der Waals surface area contributed by atoms with Gasteiger partial charge >= 0.3 is 0 Å². The quantitative estimate of drug-likeness (QED) is 0.611. The van der Waals surface area contributed by atoms with Crippen LogP contribution in [0, 0.1) is 5.92 Å². The monoisotopic (exact) mass is 203 g/mol. The Labute approximate surface area is 95.2 Å². The molecule has 2 aromatic carbocycles. The summed E-state index contributed by atoms with van der Waals surface area (Å²) >= 11 is 0. The second-order valence-corrected chi connectivity index (χ2v) is 4.41. The molecule has 0 aliphatic heterocycles. The first kappa shape index (κ1) is 8.35. The molecule has 75 valence electrons. The molecule has 0 amide bonds. The van der Waals surface area contributed by atoms with Crippen LogP contribution in [0.3, 0.4) is 0 Å². The SMILES string of the molecule is C1=C[C]2c3ccccc3-c3cccc(c32)C1. The van der Waals surface area contributed by atoms with Crippen LogP contribution in [0.4, 0.5) is 0 Å². The predicted molar refractivity (Wildman–Crippen MR) is 66.2 cm³/mol. The van der Waals surface area contributed by atoms with Crippen molar-refractivity contribution in [3.63, 3.8) is 0 Å². The summed E-state index contributed by atoms with van der Waals surface area (Å²) in [7, 11) is 0. The molecule has 0 heteroatoms. The first-order chi connectivity index (χ1) is 7.95. The second-order valence-electron chi connectivity index (χ2n) is 4.41. The average molecular weight is 203 g/mol. The fourth-order valence-corrected chi connectivity index (χ4v) is 2.88. The van der Waals surface area contributed by atoms with Gasteiger partial charge in [-0.25, -0.2) is 0 Å². The third-order valence-corrected chi connectivity index (χ3v) is 3.55. The molecule has 2 aliphatic rings. The van der Waals surface area contributed by atoms with Crippen molar-refractivity contribution in [2.45, 2.75) is 6.42 Å². The van der Waals surface area contributed by atoms with Crippen LogP contribution in [0.15, 0.2) is 54.6 Å². The minimum absolute atomic E-state index is 1.07. The van der Waals surface area contributed by atoms with Crippen LogP contribution in [0.2, 0.25) is 0 Å². The Hall–Kier alpha value is -1.82. The molecule has 0 fully saturated rings. The molecule has 0 atom stereocenters. The van der Waals surface area contributed by atoms with Gasteiger partial charge in [-0.2, -0.15) is 0 Å². The molecule has 0 unspecified atom stereocenters. The van der Waals surface area contributed by atoms with Crippen LogP contribution < -0.4 is 0 Å². The normalized spacial score (nSPS) is 16.0. The van der Waals surface area contributed by atoms with Gasteiger partial charge in [-0.3, -0.25) is 0 Å². The zero-order valence-electron chi connectivity index (χ0n) is 8.90. The van der Waals surface area contributed by atoms with Gasteiger partial charge in [0.2, 0.25) is 0 Å². The smallest absolute Gasteiger partial charge is 0.0569 e. The topological polar surface area (TPSA) is 0 Å². The largest absolute Gasteiger partial charge is 0.0828 e. The van der Waals surface area contributed by atoms with Crippen LogP contribution in [0.1, 0.15) is 16.7 Å². The van der Waals surface area contributed by atoms with Crippen molar-refractivity contribution in [1.82, 2.24) is 0 Å². The summed E-state index contributed by atoms with van der Waals surface area (Å²) in [6.45, 7) is 0. The lowest BCUT2D eigenvalue weighted by molar-refractivity contribution is 1.15. The Bertz CT molecular complexity index is 605. The highest BCUT2D eigenvalue weighted by Crippen LogP contribution is 2.47. The minimum atomic E-state index is 1.07. The number of allylic oxidation sites excluding steroid dienone is 2. The molecular weight excluding hydrogens is 192 g/mol. The minimum Gasteiger partial charge on any atom is -0.0828 e. The molecule has 4 rings (SSSR count). The van der Waals surface area contributed by atoms with E-state index in [1.165, 1.54) is 33.7 Å². The van der Waals surface area contributed by atoms with Crippen molar-refractivity contribution in [2.75, 3.05) is 0 Å². The fourth-order valence-electron chi connectivity index (χ4n) is 2.88.